The number of hydrogen-bond acceptors (Lipinski definition) is 2. The highest BCUT2D eigenvalue weighted by atomic mass is 15.2. The Labute approximate surface area is 88.6 Å². The third kappa shape index (κ3) is 3.58. The number of nitrogens with one attached hydrogen (secondary N) is 1. The van der Waals surface area contributed by atoms with Gasteiger partial charge in [-0.25, -0.2) is 0 Å². The molecule has 0 aromatic heterocycles. The first-order valence-corrected chi connectivity index (χ1v) is 6.24. The molecule has 0 saturated heterocycles. The molecule has 2 nitrogen and oxygen atoms in total. The maximum absolute atomic E-state index is 5.58. The van der Waals surface area contributed by atoms with Gasteiger partial charge in [0, 0.05) is 6.04 Å². The zero-order valence-electron chi connectivity index (χ0n) is 9.76. The summed E-state index contributed by atoms with van der Waals surface area (Å²) in [6.07, 6.45) is 9.67. The molecule has 1 fully saturated rings. The van der Waals surface area contributed by atoms with Crippen LogP contribution in [-0.4, -0.2) is 6.04 Å². The van der Waals surface area contributed by atoms with Crippen LogP contribution in [-0.2, 0) is 0 Å². The van der Waals surface area contributed by atoms with Crippen molar-refractivity contribution in [1.82, 2.24) is 5.43 Å². The SMILES string of the molecule is CCC(C)C(CCC1CCCC1)NN. The van der Waals surface area contributed by atoms with E-state index in [1.54, 1.807) is 0 Å². The summed E-state index contributed by atoms with van der Waals surface area (Å²) in [5.41, 5.74) is 2.98. The van der Waals surface area contributed by atoms with Crippen molar-refractivity contribution in [3.63, 3.8) is 0 Å². The average Bonchev–Trinajstić information content (AvgIpc) is 2.71. The summed E-state index contributed by atoms with van der Waals surface area (Å²) in [7, 11) is 0. The van der Waals surface area contributed by atoms with Crippen molar-refractivity contribution >= 4 is 0 Å². The molecule has 2 unspecified atom stereocenters. The lowest BCUT2D eigenvalue weighted by Crippen LogP contribution is -2.39. The van der Waals surface area contributed by atoms with E-state index in [9.17, 15) is 0 Å². The van der Waals surface area contributed by atoms with Crippen molar-refractivity contribution in [1.29, 1.82) is 0 Å². The maximum Gasteiger partial charge on any atom is 0.0236 e. The molecule has 0 aromatic rings. The molecule has 0 aliphatic heterocycles. The van der Waals surface area contributed by atoms with Crippen molar-refractivity contribution in [2.45, 2.75) is 64.8 Å². The lowest BCUT2D eigenvalue weighted by molar-refractivity contribution is 0.322. The Morgan fingerprint density at radius 3 is 2.50 bits per heavy atom. The quantitative estimate of drug-likeness (QED) is 0.509. The molecule has 2 heteroatoms. The van der Waals surface area contributed by atoms with Crippen LogP contribution in [0.15, 0.2) is 0 Å². The third-order valence-electron chi connectivity index (χ3n) is 3.91. The highest BCUT2D eigenvalue weighted by Crippen LogP contribution is 2.29. The van der Waals surface area contributed by atoms with Gasteiger partial charge in [0.25, 0.3) is 0 Å². The second-order valence-electron chi connectivity index (χ2n) is 4.89. The number of nitrogens with two attached hydrogens (primary N) is 1. The normalized spacial score (nSPS) is 22.5. The van der Waals surface area contributed by atoms with Crippen LogP contribution in [0, 0.1) is 11.8 Å². The molecular weight excluding hydrogens is 172 g/mol. The Bertz CT molecular complexity index is 141. The highest BCUT2D eigenvalue weighted by molar-refractivity contribution is 4.74. The van der Waals surface area contributed by atoms with Crippen LogP contribution in [0.2, 0.25) is 0 Å². The Hall–Kier alpha value is -0.0800. The summed E-state index contributed by atoms with van der Waals surface area (Å²) >= 11 is 0. The van der Waals surface area contributed by atoms with E-state index in [2.05, 4.69) is 19.3 Å². The monoisotopic (exact) mass is 198 g/mol. The van der Waals surface area contributed by atoms with Gasteiger partial charge in [-0.15, -0.1) is 0 Å². The van der Waals surface area contributed by atoms with Gasteiger partial charge in [0.1, 0.15) is 0 Å². The first-order valence-electron chi connectivity index (χ1n) is 6.24. The van der Waals surface area contributed by atoms with Crippen LogP contribution in [0.3, 0.4) is 0 Å². The zero-order valence-corrected chi connectivity index (χ0v) is 9.76. The molecule has 1 aliphatic carbocycles. The van der Waals surface area contributed by atoms with Gasteiger partial charge in [-0.3, -0.25) is 11.3 Å². The molecule has 1 aliphatic rings. The fraction of sp³-hybridized carbons (Fsp3) is 1.00. The molecule has 2 atom stereocenters. The van der Waals surface area contributed by atoms with E-state index >= 15 is 0 Å². The van der Waals surface area contributed by atoms with E-state index in [0.29, 0.717) is 12.0 Å². The van der Waals surface area contributed by atoms with Gasteiger partial charge < -0.3 is 0 Å². The second-order valence-corrected chi connectivity index (χ2v) is 4.89. The largest absolute Gasteiger partial charge is 0.271 e. The Kier molecular flexibility index (Phi) is 5.49. The van der Waals surface area contributed by atoms with Gasteiger partial charge in [0.05, 0.1) is 0 Å². The summed E-state index contributed by atoms with van der Waals surface area (Å²) < 4.78 is 0. The van der Waals surface area contributed by atoms with Gasteiger partial charge in [-0.05, 0) is 24.7 Å². The predicted octanol–water partition coefficient (Wildman–Crippen LogP) is 2.83. The van der Waals surface area contributed by atoms with Crippen molar-refractivity contribution < 1.29 is 0 Å². The van der Waals surface area contributed by atoms with Crippen LogP contribution < -0.4 is 11.3 Å². The minimum absolute atomic E-state index is 0.528. The van der Waals surface area contributed by atoms with Crippen molar-refractivity contribution in [2.75, 3.05) is 0 Å². The fourth-order valence-corrected chi connectivity index (χ4v) is 2.53. The van der Waals surface area contributed by atoms with Gasteiger partial charge in [0.15, 0.2) is 0 Å². The van der Waals surface area contributed by atoms with Crippen molar-refractivity contribution in [2.24, 2.45) is 17.7 Å². The molecule has 14 heavy (non-hydrogen) atoms. The number of hydrazine groups is 1. The Morgan fingerprint density at radius 2 is 2.00 bits per heavy atom. The van der Waals surface area contributed by atoms with Gasteiger partial charge in [0.2, 0.25) is 0 Å². The minimum atomic E-state index is 0.528. The van der Waals surface area contributed by atoms with E-state index in [-0.39, 0.29) is 0 Å². The molecule has 0 aromatic carbocycles. The third-order valence-corrected chi connectivity index (χ3v) is 3.91. The molecule has 0 radical (unpaired) electrons. The molecule has 84 valence electrons. The predicted molar refractivity (Wildman–Crippen MR) is 61.8 cm³/mol. The lowest BCUT2D eigenvalue weighted by Gasteiger charge is -2.23. The summed E-state index contributed by atoms with van der Waals surface area (Å²) in [5.74, 6) is 7.29. The molecule has 3 N–H and O–H groups in total. The van der Waals surface area contributed by atoms with Crippen LogP contribution in [0.4, 0.5) is 0 Å². The van der Waals surface area contributed by atoms with E-state index in [4.69, 9.17) is 5.84 Å². The lowest BCUT2D eigenvalue weighted by atomic mass is 9.91. The molecule has 0 heterocycles. The zero-order chi connectivity index (χ0) is 10.4. The first kappa shape index (κ1) is 12.0. The number of hydrogen-bond donors (Lipinski definition) is 2. The first-order chi connectivity index (χ1) is 6.77. The van der Waals surface area contributed by atoms with E-state index in [1.165, 1.54) is 44.9 Å². The fourth-order valence-electron chi connectivity index (χ4n) is 2.53. The van der Waals surface area contributed by atoms with Gasteiger partial charge in [-0.1, -0.05) is 46.0 Å². The van der Waals surface area contributed by atoms with E-state index < -0.39 is 0 Å². The molecule has 0 spiro atoms. The number of rotatable bonds is 6. The van der Waals surface area contributed by atoms with E-state index in [0.717, 1.165) is 5.92 Å². The summed E-state index contributed by atoms with van der Waals surface area (Å²) in [4.78, 5) is 0. The molecule has 0 bridgehead atoms. The Morgan fingerprint density at radius 1 is 1.36 bits per heavy atom. The molecular formula is C12H26N2. The standard InChI is InChI=1S/C12H26N2/c1-3-10(2)12(14-13)9-8-11-6-4-5-7-11/h10-12,14H,3-9,13H2,1-2H3. The Balaban J connectivity index is 2.19. The van der Waals surface area contributed by atoms with Gasteiger partial charge in [-0.2, -0.15) is 0 Å². The molecule has 1 rings (SSSR count). The molecule has 0 amide bonds. The highest BCUT2D eigenvalue weighted by Gasteiger charge is 2.19. The summed E-state index contributed by atoms with van der Waals surface area (Å²) in [6, 6.07) is 0.528. The minimum Gasteiger partial charge on any atom is -0.271 e. The molecule has 1 saturated carbocycles. The maximum atomic E-state index is 5.58. The summed E-state index contributed by atoms with van der Waals surface area (Å²) in [5, 5.41) is 0. The smallest absolute Gasteiger partial charge is 0.0236 e. The second kappa shape index (κ2) is 6.41. The van der Waals surface area contributed by atoms with Crippen LogP contribution in [0.25, 0.3) is 0 Å². The van der Waals surface area contributed by atoms with Crippen LogP contribution in [0.1, 0.15) is 58.8 Å². The topological polar surface area (TPSA) is 38.0 Å². The van der Waals surface area contributed by atoms with Crippen molar-refractivity contribution in [3.8, 4) is 0 Å². The van der Waals surface area contributed by atoms with Gasteiger partial charge >= 0.3 is 0 Å². The van der Waals surface area contributed by atoms with Crippen LogP contribution in [0.5, 0.6) is 0 Å². The summed E-state index contributed by atoms with van der Waals surface area (Å²) in [6.45, 7) is 4.53. The van der Waals surface area contributed by atoms with Crippen molar-refractivity contribution in [3.05, 3.63) is 0 Å². The average molecular weight is 198 g/mol. The van der Waals surface area contributed by atoms with E-state index in [1.807, 2.05) is 0 Å². The van der Waals surface area contributed by atoms with Crippen LogP contribution >= 0.6 is 0 Å².